The van der Waals surface area contributed by atoms with E-state index in [4.69, 9.17) is 0 Å². The smallest absolute Gasteiger partial charge is 0.315 e. The van der Waals surface area contributed by atoms with E-state index in [-0.39, 0.29) is 6.03 Å². The first-order valence-corrected chi connectivity index (χ1v) is 5.65. The number of nitrogens with zero attached hydrogens (tertiary/aromatic N) is 2. The Morgan fingerprint density at radius 1 is 1.06 bits per heavy atom. The maximum Gasteiger partial charge on any atom is 0.315 e. The number of benzene rings is 1. The normalized spacial score (nSPS) is 9.78. The third kappa shape index (κ3) is 3.86. The summed E-state index contributed by atoms with van der Waals surface area (Å²) in [5, 5.41) is 5.50. The van der Waals surface area contributed by atoms with Crippen LogP contribution in [-0.2, 0) is 13.1 Å². The molecule has 0 aliphatic heterocycles. The van der Waals surface area contributed by atoms with Gasteiger partial charge >= 0.3 is 6.03 Å². The maximum absolute atomic E-state index is 11.5. The largest absolute Gasteiger partial charge is 0.334 e. The molecule has 1 aromatic carbocycles. The van der Waals surface area contributed by atoms with E-state index >= 15 is 0 Å². The SMILES string of the molecule is O=C(NCc1ccccc1)NCc1ccncn1. The van der Waals surface area contributed by atoms with Crippen LogP contribution >= 0.6 is 0 Å². The molecule has 0 saturated carbocycles. The lowest BCUT2D eigenvalue weighted by atomic mass is 10.2. The third-order valence-electron chi connectivity index (χ3n) is 2.37. The number of hydrogen-bond donors (Lipinski definition) is 2. The molecular formula is C13H14N4O. The number of amides is 2. The highest BCUT2D eigenvalue weighted by Crippen LogP contribution is 1.97. The number of hydrogen-bond acceptors (Lipinski definition) is 3. The minimum absolute atomic E-state index is 0.211. The van der Waals surface area contributed by atoms with Crippen molar-refractivity contribution in [1.82, 2.24) is 20.6 Å². The second-order valence-electron chi connectivity index (χ2n) is 3.72. The summed E-state index contributed by atoms with van der Waals surface area (Å²) in [6.45, 7) is 0.902. The summed E-state index contributed by atoms with van der Waals surface area (Å²) in [6.07, 6.45) is 3.10. The van der Waals surface area contributed by atoms with E-state index in [1.54, 1.807) is 12.3 Å². The van der Waals surface area contributed by atoms with Crippen LogP contribution < -0.4 is 10.6 Å². The van der Waals surface area contributed by atoms with Crippen LogP contribution in [0.5, 0.6) is 0 Å². The fourth-order valence-electron chi connectivity index (χ4n) is 1.43. The highest BCUT2D eigenvalue weighted by molar-refractivity contribution is 5.73. The van der Waals surface area contributed by atoms with Gasteiger partial charge in [-0.05, 0) is 11.6 Å². The summed E-state index contributed by atoms with van der Waals surface area (Å²) in [5.41, 5.74) is 1.84. The number of nitrogens with one attached hydrogen (secondary N) is 2. The summed E-state index contributed by atoms with van der Waals surface area (Å²) in [4.78, 5) is 19.3. The summed E-state index contributed by atoms with van der Waals surface area (Å²) in [6, 6.07) is 11.3. The number of rotatable bonds is 4. The zero-order chi connectivity index (χ0) is 12.6. The average molecular weight is 242 g/mol. The fraction of sp³-hybridized carbons (Fsp3) is 0.154. The van der Waals surface area contributed by atoms with Gasteiger partial charge in [-0.3, -0.25) is 0 Å². The lowest BCUT2D eigenvalue weighted by molar-refractivity contribution is 0.240. The lowest BCUT2D eigenvalue weighted by Gasteiger charge is -2.07. The zero-order valence-electron chi connectivity index (χ0n) is 9.84. The molecule has 5 nitrogen and oxygen atoms in total. The van der Waals surface area contributed by atoms with Crippen molar-refractivity contribution in [1.29, 1.82) is 0 Å². The van der Waals surface area contributed by atoms with Crippen molar-refractivity contribution >= 4 is 6.03 Å². The monoisotopic (exact) mass is 242 g/mol. The molecule has 92 valence electrons. The first-order chi connectivity index (χ1) is 8.84. The third-order valence-corrected chi connectivity index (χ3v) is 2.37. The second-order valence-corrected chi connectivity index (χ2v) is 3.72. The van der Waals surface area contributed by atoms with Gasteiger partial charge in [-0.1, -0.05) is 30.3 Å². The Bertz CT molecular complexity index is 441. The highest BCUT2D eigenvalue weighted by Gasteiger charge is 2.00. The first-order valence-electron chi connectivity index (χ1n) is 5.65. The van der Waals surface area contributed by atoms with Gasteiger partial charge in [0.1, 0.15) is 6.33 Å². The van der Waals surface area contributed by atoms with Crippen molar-refractivity contribution in [3.05, 3.63) is 60.2 Å². The van der Waals surface area contributed by atoms with Crippen LogP contribution in [-0.4, -0.2) is 16.0 Å². The van der Waals surface area contributed by atoms with Gasteiger partial charge in [0.25, 0.3) is 0 Å². The molecule has 0 atom stereocenters. The Morgan fingerprint density at radius 2 is 1.83 bits per heavy atom. The number of carbonyl (C=O) groups excluding carboxylic acids is 1. The molecule has 2 amide bonds. The molecule has 2 N–H and O–H groups in total. The van der Waals surface area contributed by atoms with Gasteiger partial charge in [0.15, 0.2) is 0 Å². The van der Waals surface area contributed by atoms with Crippen LogP contribution in [0.25, 0.3) is 0 Å². The molecule has 0 aliphatic carbocycles. The Labute approximate surface area is 105 Å². The van der Waals surface area contributed by atoms with Crippen molar-refractivity contribution in [3.8, 4) is 0 Å². The van der Waals surface area contributed by atoms with E-state index < -0.39 is 0 Å². The molecule has 0 unspecified atom stereocenters. The van der Waals surface area contributed by atoms with Crippen LogP contribution in [0.1, 0.15) is 11.3 Å². The molecule has 2 aromatic rings. The zero-order valence-corrected chi connectivity index (χ0v) is 9.84. The molecule has 1 heterocycles. The predicted molar refractivity (Wildman–Crippen MR) is 67.5 cm³/mol. The molecule has 0 saturated heterocycles. The Balaban J connectivity index is 1.73. The van der Waals surface area contributed by atoms with E-state index in [1.807, 2.05) is 30.3 Å². The molecular weight excluding hydrogens is 228 g/mol. The Morgan fingerprint density at radius 3 is 2.56 bits per heavy atom. The average Bonchev–Trinajstić information content (AvgIpc) is 2.45. The first kappa shape index (κ1) is 12.0. The van der Waals surface area contributed by atoms with Crippen molar-refractivity contribution in [3.63, 3.8) is 0 Å². The van der Waals surface area contributed by atoms with Gasteiger partial charge in [-0.25, -0.2) is 14.8 Å². The topological polar surface area (TPSA) is 66.9 Å². The Kier molecular flexibility index (Phi) is 4.24. The standard InChI is InChI=1S/C13H14N4O/c18-13(15-8-11-4-2-1-3-5-11)16-9-12-6-7-14-10-17-12/h1-7,10H,8-9H2,(H2,15,16,18). The molecule has 18 heavy (non-hydrogen) atoms. The van der Waals surface area contributed by atoms with Gasteiger partial charge in [-0.2, -0.15) is 0 Å². The Hall–Kier alpha value is -2.43. The summed E-state index contributed by atoms with van der Waals surface area (Å²) >= 11 is 0. The quantitative estimate of drug-likeness (QED) is 0.853. The van der Waals surface area contributed by atoms with Gasteiger partial charge in [0, 0.05) is 12.7 Å². The summed E-state index contributed by atoms with van der Waals surface area (Å²) in [5.74, 6) is 0. The highest BCUT2D eigenvalue weighted by atomic mass is 16.2. The molecule has 5 heteroatoms. The predicted octanol–water partition coefficient (Wildman–Crippen LogP) is 1.48. The van der Waals surface area contributed by atoms with Crippen molar-refractivity contribution < 1.29 is 4.79 Å². The van der Waals surface area contributed by atoms with Gasteiger partial charge in [-0.15, -0.1) is 0 Å². The van der Waals surface area contributed by atoms with Crippen molar-refractivity contribution in [2.24, 2.45) is 0 Å². The number of urea groups is 1. The second kappa shape index (κ2) is 6.34. The fourth-order valence-corrected chi connectivity index (χ4v) is 1.43. The van der Waals surface area contributed by atoms with E-state index in [2.05, 4.69) is 20.6 Å². The van der Waals surface area contributed by atoms with Gasteiger partial charge in [0.2, 0.25) is 0 Å². The van der Waals surface area contributed by atoms with E-state index in [9.17, 15) is 4.79 Å². The van der Waals surface area contributed by atoms with Gasteiger partial charge in [0.05, 0.1) is 12.2 Å². The molecule has 0 radical (unpaired) electrons. The van der Waals surface area contributed by atoms with Crippen LogP contribution in [0.15, 0.2) is 48.9 Å². The van der Waals surface area contributed by atoms with Crippen LogP contribution in [0.2, 0.25) is 0 Å². The van der Waals surface area contributed by atoms with Crippen LogP contribution in [0.4, 0.5) is 4.79 Å². The van der Waals surface area contributed by atoms with Gasteiger partial charge < -0.3 is 10.6 Å². The van der Waals surface area contributed by atoms with Crippen LogP contribution in [0, 0.1) is 0 Å². The molecule has 0 fully saturated rings. The molecule has 1 aromatic heterocycles. The number of carbonyl (C=O) groups is 1. The van der Waals surface area contributed by atoms with Crippen LogP contribution in [0.3, 0.4) is 0 Å². The summed E-state index contributed by atoms with van der Waals surface area (Å²) in [7, 11) is 0. The molecule has 0 aliphatic rings. The van der Waals surface area contributed by atoms with Crippen molar-refractivity contribution in [2.75, 3.05) is 0 Å². The molecule has 2 rings (SSSR count). The summed E-state index contributed by atoms with van der Waals surface area (Å²) < 4.78 is 0. The van der Waals surface area contributed by atoms with E-state index in [1.165, 1.54) is 6.33 Å². The molecule has 0 bridgehead atoms. The van der Waals surface area contributed by atoms with E-state index in [0.717, 1.165) is 11.3 Å². The van der Waals surface area contributed by atoms with E-state index in [0.29, 0.717) is 13.1 Å². The minimum Gasteiger partial charge on any atom is -0.334 e. The van der Waals surface area contributed by atoms with Crippen molar-refractivity contribution in [2.45, 2.75) is 13.1 Å². The molecule has 0 spiro atoms. The minimum atomic E-state index is -0.211. The number of aromatic nitrogens is 2. The lowest BCUT2D eigenvalue weighted by Crippen LogP contribution is -2.34. The maximum atomic E-state index is 11.5.